The molecule has 0 N–H and O–H groups in total. The van der Waals surface area contributed by atoms with Crippen LogP contribution in [-0.2, 0) is 6.54 Å². The number of hydrogen-bond donors (Lipinski definition) is 0. The van der Waals surface area contributed by atoms with Gasteiger partial charge in [0.2, 0.25) is 0 Å². The second kappa shape index (κ2) is 5.13. The van der Waals surface area contributed by atoms with Crippen molar-refractivity contribution in [1.82, 2.24) is 14.9 Å². The number of aromatic nitrogens is 2. The van der Waals surface area contributed by atoms with Crippen LogP contribution in [0.5, 0.6) is 0 Å². The molecule has 0 radical (unpaired) electrons. The first-order valence-corrected chi connectivity index (χ1v) is 6.49. The average molecular weight is 233 g/mol. The predicted molar refractivity (Wildman–Crippen MR) is 69.5 cm³/mol. The summed E-state index contributed by atoms with van der Waals surface area (Å²) in [6, 6.07) is 0. The van der Waals surface area contributed by atoms with Crippen LogP contribution in [0.2, 0.25) is 0 Å². The van der Waals surface area contributed by atoms with E-state index in [4.69, 9.17) is 0 Å². The second-order valence-corrected chi connectivity index (χ2v) is 6.40. The molecule has 1 aliphatic heterocycles. The van der Waals surface area contributed by atoms with Crippen LogP contribution in [0, 0.1) is 11.3 Å². The minimum atomic E-state index is 0.455. The summed E-state index contributed by atoms with van der Waals surface area (Å²) in [6.45, 7) is 10.4. The number of nitrogens with zero attached hydrogens (tertiary/aromatic N) is 3. The number of hydrogen-bond acceptors (Lipinski definition) is 3. The summed E-state index contributed by atoms with van der Waals surface area (Å²) in [7, 11) is 0. The Kier molecular flexibility index (Phi) is 3.77. The molecule has 0 amide bonds. The zero-order valence-corrected chi connectivity index (χ0v) is 11.2. The van der Waals surface area contributed by atoms with Crippen molar-refractivity contribution >= 4 is 0 Å². The number of rotatable bonds is 3. The Morgan fingerprint density at radius 2 is 2.00 bits per heavy atom. The van der Waals surface area contributed by atoms with Crippen molar-refractivity contribution in [2.45, 2.75) is 40.2 Å². The third-order valence-electron chi connectivity index (χ3n) is 3.29. The van der Waals surface area contributed by atoms with Gasteiger partial charge in [0.15, 0.2) is 0 Å². The molecule has 3 nitrogen and oxygen atoms in total. The lowest BCUT2D eigenvalue weighted by molar-refractivity contribution is 0.269. The fourth-order valence-electron chi connectivity index (χ4n) is 2.76. The van der Waals surface area contributed by atoms with Crippen LogP contribution in [0.1, 0.15) is 39.2 Å². The standard InChI is InChI=1S/C14H23N3/c1-14(2,3)6-12-4-5-17(9-12)10-13-7-15-11-16-8-13/h7-8,11-12H,4-6,9-10H2,1-3H3. The molecular formula is C14H23N3. The van der Waals surface area contributed by atoms with E-state index in [1.54, 1.807) is 6.33 Å². The first kappa shape index (κ1) is 12.5. The van der Waals surface area contributed by atoms with Crippen LogP contribution in [0.15, 0.2) is 18.7 Å². The molecule has 1 saturated heterocycles. The van der Waals surface area contributed by atoms with E-state index in [0.29, 0.717) is 5.41 Å². The Hall–Kier alpha value is -0.960. The molecule has 0 aliphatic carbocycles. The van der Waals surface area contributed by atoms with Crippen LogP contribution in [0.3, 0.4) is 0 Å². The van der Waals surface area contributed by atoms with E-state index in [1.165, 1.54) is 31.5 Å². The van der Waals surface area contributed by atoms with Gasteiger partial charge in [0.05, 0.1) is 0 Å². The third kappa shape index (κ3) is 4.08. The lowest BCUT2D eigenvalue weighted by Crippen LogP contribution is -2.21. The highest BCUT2D eigenvalue weighted by molar-refractivity contribution is 5.02. The zero-order chi connectivity index (χ0) is 12.3. The maximum atomic E-state index is 4.07. The molecule has 1 aliphatic rings. The van der Waals surface area contributed by atoms with Gasteiger partial charge >= 0.3 is 0 Å². The van der Waals surface area contributed by atoms with Gasteiger partial charge in [0, 0.05) is 31.0 Å². The van der Waals surface area contributed by atoms with Crippen LogP contribution < -0.4 is 0 Å². The van der Waals surface area contributed by atoms with Crippen molar-refractivity contribution in [3.8, 4) is 0 Å². The first-order chi connectivity index (χ1) is 8.03. The van der Waals surface area contributed by atoms with Gasteiger partial charge in [-0.05, 0) is 30.7 Å². The van der Waals surface area contributed by atoms with Crippen molar-refractivity contribution in [1.29, 1.82) is 0 Å². The molecule has 1 aromatic rings. The highest BCUT2D eigenvalue weighted by Crippen LogP contribution is 2.30. The molecule has 2 rings (SSSR count). The highest BCUT2D eigenvalue weighted by atomic mass is 15.1. The third-order valence-corrected chi connectivity index (χ3v) is 3.29. The van der Waals surface area contributed by atoms with Gasteiger partial charge in [-0.1, -0.05) is 20.8 Å². The van der Waals surface area contributed by atoms with Crippen molar-refractivity contribution in [2.24, 2.45) is 11.3 Å². The quantitative estimate of drug-likeness (QED) is 0.804. The highest BCUT2D eigenvalue weighted by Gasteiger charge is 2.26. The Labute approximate surface area is 104 Å². The summed E-state index contributed by atoms with van der Waals surface area (Å²) >= 11 is 0. The Morgan fingerprint density at radius 3 is 2.65 bits per heavy atom. The van der Waals surface area contributed by atoms with E-state index >= 15 is 0 Å². The van der Waals surface area contributed by atoms with E-state index in [9.17, 15) is 0 Å². The Balaban J connectivity index is 1.82. The minimum Gasteiger partial charge on any atom is -0.299 e. The molecule has 1 aromatic heterocycles. The van der Waals surface area contributed by atoms with Gasteiger partial charge in [-0.15, -0.1) is 0 Å². The molecule has 2 heterocycles. The molecule has 94 valence electrons. The molecule has 0 spiro atoms. The van der Waals surface area contributed by atoms with Gasteiger partial charge in [-0.2, -0.15) is 0 Å². The molecular weight excluding hydrogens is 210 g/mol. The van der Waals surface area contributed by atoms with E-state index in [2.05, 4.69) is 35.6 Å². The molecule has 0 aromatic carbocycles. The maximum Gasteiger partial charge on any atom is 0.115 e. The summed E-state index contributed by atoms with van der Waals surface area (Å²) in [4.78, 5) is 10.7. The molecule has 1 unspecified atom stereocenters. The average Bonchev–Trinajstić information content (AvgIpc) is 2.64. The van der Waals surface area contributed by atoms with Gasteiger partial charge in [-0.25, -0.2) is 9.97 Å². The van der Waals surface area contributed by atoms with Crippen LogP contribution in [0.25, 0.3) is 0 Å². The van der Waals surface area contributed by atoms with Crippen molar-refractivity contribution in [2.75, 3.05) is 13.1 Å². The van der Waals surface area contributed by atoms with E-state index in [-0.39, 0.29) is 0 Å². The molecule has 1 fully saturated rings. The summed E-state index contributed by atoms with van der Waals surface area (Å²) in [5.41, 5.74) is 1.68. The maximum absolute atomic E-state index is 4.07. The minimum absolute atomic E-state index is 0.455. The predicted octanol–water partition coefficient (Wildman–Crippen LogP) is 2.73. The van der Waals surface area contributed by atoms with Crippen molar-refractivity contribution < 1.29 is 0 Å². The van der Waals surface area contributed by atoms with E-state index in [0.717, 1.165) is 12.5 Å². The smallest absolute Gasteiger partial charge is 0.115 e. The van der Waals surface area contributed by atoms with Gasteiger partial charge in [0.1, 0.15) is 6.33 Å². The lowest BCUT2D eigenvalue weighted by atomic mass is 9.84. The second-order valence-electron chi connectivity index (χ2n) is 6.40. The Morgan fingerprint density at radius 1 is 1.29 bits per heavy atom. The van der Waals surface area contributed by atoms with Gasteiger partial charge in [-0.3, -0.25) is 4.90 Å². The van der Waals surface area contributed by atoms with E-state index < -0.39 is 0 Å². The van der Waals surface area contributed by atoms with Crippen LogP contribution in [0.4, 0.5) is 0 Å². The van der Waals surface area contributed by atoms with Crippen LogP contribution >= 0.6 is 0 Å². The fourth-order valence-corrected chi connectivity index (χ4v) is 2.76. The first-order valence-electron chi connectivity index (χ1n) is 6.49. The zero-order valence-electron chi connectivity index (χ0n) is 11.2. The molecule has 3 heteroatoms. The summed E-state index contributed by atoms with van der Waals surface area (Å²) in [6.07, 6.45) is 8.10. The van der Waals surface area contributed by atoms with Gasteiger partial charge < -0.3 is 0 Å². The monoisotopic (exact) mass is 233 g/mol. The van der Waals surface area contributed by atoms with Crippen molar-refractivity contribution in [3.05, 3.63) is 24.3 Å². The largest absolute Gasteiger partial charge is 0.299 e. The van der Waals surface area contributed by atoms with Crippen molar-refractivity contribution in [3.63, 3.8) is 0 Å². The van der Waals surface area contributed by atoms with Gasteiger partial charge in [0.25, 0.3) is 0 Å². The fraction of sp³-hybridized carbons (Fsp3) is 0.714. The Bertz CT molecular complexity index is 342. The lowest BCUT2D eigenvalue weighted by Gasteiger charge is -2.23. The van der Waals surface area contributed by atoms with E-state index in [1.807, 2.05) is 12.4 Å². The van der Waals surface area contributed by atoms with Crippen LogP contribution in [-0.4, -0.2) is 28.0 Å². The topological polar surface area (TPSA) is 29.0 Å². The summed E-state index contributed by atoms with van der Waals surface area (Å²) in [5.74, 6) is 0.861. The number of likely N-dealkylation sites (tertiary alicyclic amines) is 1. The normalized spacial score (nSPS) is 21.9. The molecule has 0 saturated carbocycles. The molecule has 1 atom stereocenters. The SMILES string of the molecule is CC(C)(C)CC1CCN(Cc2cncnc2)C1. The molecule has 0 bridgehead atoms. The summed E-state index contributed by atoms with van der Waals surface area (Å²) in [5, 5.41) is 0. The summed E-state index contributed by atoms with van der Waals surface area (Å²) < 4.78 is 0. The molecule has 17 heavy (non-hydrogen) atoms.